The summed E-state index contributed by atoms with van der Waals surface area (Å²) in [5.41, 5.74) is 1.02. The molecule has 0 saturated heterocycles. The highest BCUT2D eigenvalue weighted by molar-refractivity contribution is 6.36. The van der Waals surface area contributed by atoms with Crippen molar-refractivity contribution in [2.45, 2.75) is 32.3 Å². The number of halogens is 1. The summed E-state index contributed by atoms with van der Waals surface area (Å²) < 4.78 is 28.8. The van der Waals surface area contributed by atoms with E-state index in [1.54, 1.807) is 26.4 Å². The van der Waals surface area contributed by atoms with E-state index in [1.807, 2.05) is 13.0 Å². The minimum absolute atomic E-state index is 0.107. The summed E-state index contributed by atoms with van der Waals surface area (Å²) in [4.78, 5) is 0. The third-order valence-corrected chi connectivity index (χ3v) is 4.15. The molecule has 0 fully saturated rings. The molecule has 0 aliphatic rings. The molecule has 1 unspecified atom stereocenters. The molecule has 18 heavy (non-hydrogen) atoms. The lowest BCUT2D eigenvalue weighted by Gasteiger charge is -2.17. The summed E-state index contributed by atoms with van der Waals surface area (Å²) in [6.07, 6.45) is 2.83. The maximum Gasteiger partial charge on any atom is 0.483 e. The maximum atomic E-state index is 13.0. The van der Waals surface area contributed by atoms with Crippen molar-refractivity contribution in [2.24, 2.45) is 0 Å². The Morgan fingerprint density at radius 1 is 1.28 bits per heavy atom. The molecule has 1 aromatic carbocycles. The lowest BCUT2D eigenvalue weighted by molar-refractivity contribution is 0.0897. The van der Waals surface area contributed by atoms with Crippen LogP contribution >= 0.6 is 0 Å². The quantitative estimate of drug-likeness (QED) is 0.681. The predicted octanol–water partition coefficient (Wildman–Crippen LogP) is 2.56. The predicted molar refractivity (Wildman–Crippen MR) is 71.1 cm³/mol. The van der Waals surface area contributed by atoms with E-state index in [9.17, 15) is 4.39 Å². The normalized spacial score (nSPS) is 12.9. The summed E-state index contributed by atoms with van der Waals surface area (Å²) in [6, 6.07) is 6.72. The average molecular weight is 272 g/mol. The Morgan fingerprint density at radius 2 is 2.00 bits per heavy atom. The zero-order valence-corrected chi connectivity index (χ0v) is 12.3. The van der Waals surface area contributed by atoms with E-state index in [2.05, 4.69) is 0 Å². The average Bonchev–Trinajstić information content (AvgIpc) is 2.36. The van der Waals surface area contributed by atoms with Gasteiger partial charge in [0.2, 0.25) is 0 Å². The first-order valence-electron chi connectivity index (χ1n) is 6.11. The second-order valence-corrected chi connectivity index (χ2v) is 6.02. The zero-order chi connectivity index (χ0) is 13.4. The van der Waals surface area contributed by atoms with E-state index in [0.717, 1.165) is 24.8 Å². The van der Waals surface area contributed by atoms with Crippen LogP contribution < -0.4 is 0 Å². The van der Waals surface area contributed by atoms with Gasteiger partial charge < -0.3 is 13.3 Å². The minimum atomic E-state index is -1.93. The number of aryl methyl sites for hydroxylation is 1. The lowest BCUT2D eigenvalue weighted by Crippen LogP contribution is -2.28. The van der Waals surface area contributed by atoms with E-state index in [-0.39, 0.29) is 11.9 Å². The van der Waals surface area contributed by atoms with Gasteiger partial charge in [0, 0.05) is 20.3 Å². The monoisotopic (exact) mass is 272 g/mol. The molecule has 1 atom stereocenters. The van der Waals surface area contributed by atoms with Crippen LogP contribution in [0.25, 0.3) is 0 Å². The topological polar surface area (TPSA) is 27.7 Å². The number of rotatable bonds is 8. The highest BCUT2D eigenvalue weighted by atomic mass is 28.3. The van der Waals surface area contributed by atoms with E-state index >= 15 is 0 Å². The number of hydrogen-bond acceptors (Lipinski definition) is 3. The molecule has 0 aliphatic carbocycles. The summed E-state index contributed by atoms with van der Waals surface area (Å²) in [7, 11) is 1.26. The first-order valence-corrected chi connectivity index (χ1v) is 7.52. The van der Waals surface area contributed by atoms with Crippen LogP contribution in [0.4, 0.5) is 4.39 Å². The van der Waals surface area contributed by atoms with Crippen molar-refractivity contribution in [2.75, 3.05) is 14.2 Å². The summed E-state index contributed by atoms with van der Waals surface area (Å²) >= 11 is 0. The SMILES string of the molecule is CO[SiH](OC)OC(C)CCCc1cccc(F)c1. The molecule has 3 nitrogen and oxygen atoms in total. The molecule has 0 radical (unpaired) electrons. The largest absolute Gasteiger partial charge is 0.483 e. The van der Waals surface area contributed by atoms with E-state index in [1.165, 1.54) is 6.07 Å². The fraction of sp³-hybridized carbons (Fsp3) is 0.538. The van der Waals surface area contributed by atoms with Gasteiger partial charge in [-0.05, 0) is 43.9 Å². The van der Waals surface area contributed by atoms with Gasteiger partial charge in [0.15, 0.2) is 0 Å². The fourth-order valence-electron chi connectivity index (χ4n) is 1.75. The van der Waals surface area contributed by atoms with Crippen LogP contribution in [-0.4, -0.2) is 29.9 Å². The van der Waals surface area contributed by atoms with Crippen molar-refractivity contribution >= 4 is 9.53 Å². The van der Waals surface area contributed by atoms with Crippen molar-refractivity contribution in [3.8, 4) is 0 Å². The molecule has 1 aromatic rings. The van der Waals surface area contributed by atoms with Gasteiger partial charge in [-0.15, -0.1) is 0 Å². The first-order chi connectivity index (χ1) is 8.65. The van der Waals surface area contributed by atoms with Crippen molar-refractivity contribution in [1.29, 1.82) is 0 Å². The summed E-state index contributed by atoms with van der Waals surface area (Å²) in [5.74, 6) is -0.178. The van der Waals surface area contributed by atoms with Gasteiger partial charge >= 0.3 is 9.53 Å². The maximum absolute atomic E-state index is 13.0. The van der Waals surface area contributed by atoms with Crippen molar-refractivity contribution in [3.63, 3.8) is 0 Å². The van der Waals surface area contributed by atoms with Crippen molar-refractivity contribution in [3.05, 3.63) is 35.6 Å². The van der Waals surface area contributed by atoms with Crippen molar-refractivity contribution in [1.82, 2.24) is 0 Å². The fourth-order valence-corrected chi connectivity index (χ4v) is 2.68. The van der Waals surface area contributed by atoms with Crippen LogP contribution in [0.15, 0.2) is 24.3 Å². The molecule has 5 heteroatoms. The van der Waals surface area contributed by atoms with E-state index in [0.29, 0.717) is 0 Å². The molecule has 1 rings (SSSR count). The molecule has 0 saturated carbocycles. The molecule has 0 bridgehead atoms. The molecule has 0 N–H and O–H groups in total. The molecule has 0 heterocycles. The Morgan fingerprint density at radius 3 is 2.61 bits per heavy atom. The zero-order valence-electron chi connectivity index (χ0n) is 11.2. The first kappa shape index (κ1) is 15.3. The number of hydrogen-bond donors (Lipinski definition) is 0. The molecular weight excluding hydrogens is 251 g/mol. The minimum Gasteiger partial charge on any atom is -0.379 e. The van der Waals surface area contributed by atoms with Crippen LogP contribution in [-0.2, 0) is 19.7 Å². The van der Waals surface area contributed by atoms with Crippen LogP contribution in [0.3, 0.4) is 0 Å². The highest BCUT2D eigenvalue weighted by Crippen LogP contribution is 2.10. The van der Waals surface area contributed by atoms with Gasteiger partial charge in [-0.3, -0.25) is 0 Å². The van der Waals surface area contributed by atoms with Gasteiger partial charge in [0.05, 0.1) is 0 Å². The van der Waals surface area contributed by atoms with Gasteiger partial charge in [-0.2, -0.15) is 0 Å². The van der Waals surface area contributed by atoms with E-state index < -0.39 is 9.53 Å². The summed E-state index contributed by atoms with van der Waals surface area (Å²) in [6.45, 7) is 2.00. The molecule has 102 valence electrons. The van der Waals surface area contributed by atoms with Crippen molar-refractivity contribution < 1.29 is 17.7 Å². The Hall–Kier alpha value is -0.753. The van der Waals surface area contributed by atoms with Crippen LogP contribution in [0.5, 0.6) is 0 Å². The van der Waals surface area contributed by atoms with Gasteiger partial charge in [0.25, 0.3) is 0 Å². The molecule has 0 spiro atoms. The Bertz CT molecular complexity index is 345. The Labute approximate surface area is 110 Å². The second-order valence-electron chi connectivity index (χ2n) is 4.23. The molecular formula is C13H21FO3Si. The van der Waals surface area contributed by atoms with Crippen LogP contribution in [0.1, 0.15) is 25.3 Å². The Kier molecular flexibility index (Phi) is 7.11. The van der Waals surface area contributed by atoms with Gasteiger partial charge in [-0.25, -0.2) is 4.39 Å². The summed E-state index contributed by atoms with van der Waals surface area (Å²) in [5, 5.41) is 0. The third-order valence-electron chi connectivity index (χ3n) is 2.69. The van der Waals surface area contributed by atoms with Crippen LogP contribution in [0, 0.1) is 5.82 Å². The highest BCUT2D eigenvalue weighted by Gasteiger charge is 2.15. The standard InChI is InChI=1S/C13H21FO3Si/c1-11(17-18(15-2)16-3)6-4-7-12-8-5-9-13(14)10-12/h5,8-11,18H,4,6-7H2,1-3H3. The smallest absolute Gasteiger partial charge is 0.379 e. The van der Waals surface area contributed by atoms with Crippen LogP contribution in [0.2, 0.25) is 0 Å². The second kappa shape index (κ2) is 8.37. The molecule has 0 aliphatic heterocycles. The number of benzene rings is 1. The van der Waals surface area contributed by atoms with E-state index in [4.69, 9.17) is 13.3 Å². The molecule has 0 amide bonds. The Balaban J connectivity index is 2.25. The lowest BCUT2D eigenvalue weighted by atomic mass is 10.1. The van der Waals surface area contributed by atoms with Gasteiger partial charge in [0.1, 0.15) is 5.82 Å². The third kappa shape index (κ3) is 5.73. The molecule has 0 aromatic heterocycles. The van der Waals surface area contributed by atoms with Gasteiger partial charge in [-0.1, -0.05) is 12.1 Å².